The zero-order valence-electron chi connectivity index (χ0n) is 10.1. The number of alkyl halides is 1. The molecule has 16 heavy (non-hydrogen) atoms. The van der Waals surface area contributed by atoms with Crippen LogP contribution in [0.4, 0.5) is 5.13 Å². The van der Waals surface area contributed by atoms with Gasteiger partial charge in [0.25, 0.3) is 0 Å². The summed E-state index contributed by atoms with van der Waals surface area (Å²) in [6.07, 6.45) is 0. The van der Waals surface area contributed by atoms with Crippen LogP contribution in [-0.4, -0.2) is 31.8 Å². The van der Waals surface area contributed by atoms with Crippen LogP contribution in [0.1, 0.15) is 19.5 Å². The Hall–Kier alpha value is -0.320. The largest absolute Gasteiger partial charge is 0.383 e. The Morgan fingerprint density at radius 3 is 2.81 bits per heavy atom. The fourth-order valence-corrected chi connectivity index (χ4v) is 2.50. The molecule has 0 unspecified atom stereocenters. The van der Waals surface area contributed by atoms with Crippen LogP contribution in [-0.2, 0) is 10.6 Å². The third-order valence-corrected chi connectivity index (χ3v) is 3.32. The predicted molar refractivity (Wildman–Crippen MR) is 70.6 cm³/mol. The Kier molecular flexibility index (Phi) is 6.09. The zero-order valence-corrected chi connectivity index (χ0v) is 11.6. The first-order valence-electron chi connectivity index (χ1n) is 5.41. The highest BCUT2D eigenvalue weighted by Crippen LogP contribution is 2.22. The van der Waals surface area contributed by atoms with Crippen LogP contribution in [0.15, 0.2) is 5.38 Å². The van der Waals surface area contributed by atoms with Gasteiger partial charge in [-0.2, -0.15) is 0 Å². The van der Waals surface area contributed by atoms with Crippen molar-refractivity contribution >= 4 is 28.1 Å². The van der Waals surface area contributed by atoms with Crippen LogP contribution in [0.5, 0.6) is 0 Å². The summed E-state index contributed by atoms with van der Waals surface area (Å²) >= 11 is 7.41. The Morgan fingerprint density at radius 2 is 2.31 bits per heavy atom. The van der Waals surface area contributed by atoms with Gasteiger partial charge in [-0.1, -0.05) is 13.8 Å². The highest BCUT2D eigenvalue weighted by Gasteiger charge is 2.12. The third-order valence-electron chi connectivity index (χ3n) is 2.10. The molecule has 1 heterocycles. The van der Waals surface area contributed by atoms with Gasteiger partial charge in [0.15, 0.2) is 5.13 Å². The Labute approximate surface area is 106 Å². The fraction of sp³-hybridized carbons (Fsp3) is 0.727. The third kappa shape index (κ3) is 4.28. The minimum Gasteiger partial charge on any atom is -0.383 e. The first-order chi connectivity index (χ1) is 7.67. The summed E-state index contributed by atoms with van der Waals surface area (Å²) in [5, 5.41) is 3.06. The molecule has 0 saturated carbocycles. The summed E-state index contributed by atoms with van der Waals surface area (Å²) in [5.41, 5.74) is 0.952. The van der Waals surface area contributed by atoms with Gasteiger partial charge in [0.05, 0.1) is 18.2 Å². The summed E-state index contributed by atoms with van der Waals surface area (Å²) in [5.74, 6) is 1.09. The average Bonchev–Trinajstić information content (AvgIpc) is 2.72. The van der Waals surface area contributed by atoms with Crippen molar-refractivity contribution in [1.29, 1.82) is 0 Å². The van der Waals surface area contributed by atoms with Gasteiger partial charge in [-0.3, -0.25) is 0 Å². The molecule has 0 aliphatic carbocycles. The van der Waals surface area contributed by atoms with Crippen LogP contribution in [0, 0.1) is 5.92 Å². The molecule has 3 nitrogen and oxygen atoms in total. The van der Waals surface area contributed by atoms with Crippen molar-refractivity contribution in [1.82, 2.24) is 4.98 Å². The molecule has 0 saturated heterocycles. The molecule has 0 aromatic carbocycles. The number of hydrogen-bond donors (Lipinski definition) is 0. The number of nitrogens with zero attached hydrogens (tertiary/aromatic N) is 2. The second-order valence-electron chi connectivity index (χ2n) is 4.09. The van der Waals surface area contributed by atoms with Crippen LogP contribution >= 0.6 is 22.9 Å². The number of hydrogen-bond acceptors (Lipinski definition) is 4. The minimum atomic E-state index is 0.482. The normalized spacial score (nSPS) is 11.1. The number of thiazole rings is 1. The highest BCUT2D eigenvalue weighted by atomic mass is 35.5. The molecule has 0 bridgehead atoms. The van der Waals surface area contributed by atoms with E-state index in [4.69, 9.17) is 16.3 Å². The zero-order chi connectivity index (χ0) is 12.0. The maximum atomic E-state index is 5.76. The van der Waals surface area contributed by atoms with Gasteiger partial charge in [-0.15, -0.1) is 22.9 Å². The molecule has 1 aromatic heterocycles. The molecule has 0 aliphatic rings. The number of aromatic nitrogens is 1. The summed E-state index contributed by atoms with van der Waals surface area (Å²) < 4.78 is 5.12. The molecule has 0 N–H and O–H groups in total. The van der Waals surface area contributed by atoms with E-state index >= 15 is 0 Å². The number of rotatable bonds is 7. The average molecular weight is 263 g/mol. The Morgan fingerprint density at radius 1 is 1.56 bits per heavy atom. The number of methoxy groups -OCH3 is 1. The van der Waals surface area contributed by atoms with Gasteiger partial charge in [-0.05, 0) is 5.92 Å². The van der Waals surface area contributed by atoms with Crippen molar-refractivity contribution < 1.29 is 4.74 Å². The minimum absolute atomic E-state index is 0.482. The molecule has 0 fully saturated rings. The first-order valence-corrected chi connectivity index (χ1v) is 6.83. The smallest absolute Gasteiger partial charge is 0.185 e. The highest BCUT2D eigenvalue weighted by molar-refractivity contribution is 7.13. The van der Waals surface area contributed by atoms with Gasteiger partial charge in [0.1, 0.15) is 0 Å². The van der Waals surface area contributed by atoms with Crippen molar-refractivity contribution in [2.75, 3.05) is 31.7 Å². The first kappa shape index (κ1) is 13.7. The van der Waals surface area contributed by atoms with Gasteiger partial charge < -0.3 is 9.64 Å². The van der Waals surface area contributed by atoms with E-state index in [-0.39, 0.29) is 0 Å². The van der Waals surface area contributed by atoms with Crippen molar-refractivity contribution in [3.63, 3.8) is 0 Å². The van der Waals surface area contributed by atoms with E-state index in [2.05, 4.69) is 23.7 Å². The molecule has 0 atom stereocenters. The van der Waals surface area contributed by atoms with Gasteiger partial charge >= 0.3 is 0 Å². The Bertz CT molecular complexity index is 304. The summed E-state index contributed by atoms with van der Waals surface area (Å²) in [7, 11) is 1.72. The fourth-order valence-electron chi connectivity index (χ4n) is 1.41. The van der Waals surface area contributed by atoms with E-state index in [1.54, 1.807) is 18.4 Å². The lowest BCUT2D eigenvalue weighted by Gasteiger charge is -2.23. The molecule has 1 aromatic rings. The lowest BCUT2D eigenvalue weighted by Crippen LogP contribution is -2.30. The lowest BCUT2D eigenvalue weighted by molar-refractivity contribution is 0.204. The quantitative estimate of drug-likeness (QED) is 0.707. The maximum absolute atomic E-state index is 5.76. The summed E-state index contributed by atoms with van der Waals surface area (Å²) in [6, 6.07) is 0. The van der Waals surface area contributed by atoms with E-state index in [1.807, 2.05) is 5.38 Å². The topological polar surface area (TPSA) is 25.4 Å². The Balaban J connectivity index is 2.66. The van der Waals surface area contributed by atoms with Crippen molar-refractivity contribution in [2.45, 2.75) is 19.7 Å². The van der Waals surface area contributed by atoms with E-state index < -0.39 is 0 Å². The molecule has 92 valence electrons. The monoisotopic (exact) mass is 262 g/mol. The predicted octanol–water partition coefficient (Wildman–Crippen LogP) is 2.99. The van der Waals surface area contributed by atoms with Crippen molar-refractivity contribution in [3.05, 3.63) is 11.1 Å². The van der Waals surface area contributed by atoms with E-state index in [0.29, 0.717) is 11.8 Å². The molecule has 0 aliphatic heterocycles. The molecule has 0 spiro atoms. The van der Waals surface area contributed by atoms with E-state index in [1.165, 1.54) is 0 Å². The standard InChI is InChI=1S/C11H19ClN2OS/c1-9(2)7-14(4-5-15-3)11-13-10(6-12)8-16-11/h8-9H,4-7H2,1-3H3. The molecule has 0 amide bonds. The number of anilines is 1. The van der Waals surface area contributed by atoms with Gasteiger partial charge in [-0.25, -0.2) is 4.98 Å². The van der Waals surface area contributed by atoms with Crippen LogP contribution in [0.2, 0.25) is 0 Å². The van der Waals surface area contributed by atoms with Crippen molar-refractivity contribution in [2.24, 2.45) is 5.92 Å². The summed E-state index contributed by atoms with van der Waals surface area (Å²) in [6.45, 7) is 7.01. The summed E-state index contributed by atoms with van der Waals surface area (Å²) in [4.78, 5) is 6.75. The molecule has 0 radical (unpaired) electrons. The van der Waals surface area contributed by atoms with Gasteiger partial charge in [0, 0.05) is 25.6 Å². The van der Waals surface area contributed by atoms with Crippen LogP contribution in [0.3, 0.4) is 0 Å². The second kappa shape index (κ2) is 7.09. The van der Waals surface area contributed by atoms with Gasteiger partial charge in [0.2, 0.25) is 0 Å². The van der Waals surface area contributed by atoms with Crippen molar-refractivity contribution in [3.8, 4) is 0 Å². The molecule has 1 rings (SSSR count). The maximum Gasteiger partial charge on any atom is 0.185 e. The van der Waals surface area contributed by atoms with Crippen LogP contribution in [0.25, 0.3) is 0 Å². The number of halogens is 1. The molecular weight excluding hydrogens is 244 g/mol. The van der Waals surface area contributed by atoms with E-state index in [9.17, 15) is 0 Å². The molecular formula is C11H19ClN2OS. The molecule has 5 heteroatoms. The van der Waals surface area contributed by atoms with Crippen LogP contribution < -0.4 is 4.90 Å². The second-order valence-corrected chi connectivity index (χ2v) is 5.19. The number of ether oxygens (including phenoxy) is 1. The lowest BCUT2D eigenvalue weighted by atomic mass is 10.2. The SMILES string of the molecule is COCCN(CC(C)C)c1nc(CCl)cs1. The van der Waals surface area contributed by atoms with E-state index in [0.717, 1.165) is 30.5 Å².